The van der Waals surface area contributed by atoms with E-state index in [9.17, 15) is 9.90 Å². The monoisotopic (exact) mass is 403 g/mol. The first-order chi connectivity index (χ1) is 14.1. The van der Waals surface area contributed by atoms with Gasteiger partial charge in [-0.1, -0.05) is 24.8 Å². The second-order valence-electron chi connectivity index (χ2n) is 7.84. The number of ether oxygens (including phenoxy) is 2. The molecule has 7 nitrogen and oxygen atoms in total. The van der Waals surface area contributed by atoms with Gasteiger partial charge in [0.15, 0.2) is 11.5 Å². The van der Waals surface area contributed by atoms with Gasteiger partial charge in [-0.05, 0) is 44.9 Å². The lowest BCUT2D eigenvalue weighted by Gasteiger charge is -2.38. The van der Waals surface area contributed by atoms with Crippen molar-refractivity contribution in [3.8, 4) is 11.5 Å². The lowest BCUT2D eigenvalue weighted by Crippen LogP contribution is -2.46. The summed E-state index contributed by atoms with van der Waals surface area (Å²) in [6.45, 7) is 6.40. The predicted molar refractivity (Wildman–Crippen MR) is 112 cm³/mol. The molecule has 7 heteroatoms. The molecule has 1 saturated carbocycles. The number of hydrogen-bond acceptors (Lipinski definition) is 5. The van der Waals surface area contributed by atoms with Gasteiger partial charge in [-0.2, -0.15) is 0 Å². The molecule has 1 unspecified atom stereocenters. The molecule has 0 spiro atoms. The van der Waals surface area contributed by atoms with Gasteiger partial charge in [0.25, 0.3) is 0 Å². The van der Waals surface area contributed by atoms with Crippen LogP contribution >= 0.6 is 0 Å². The molecule has 1 atom stereocenters. The van der Waals surface area contributed by atoms with Crippen molar-refractivity contribution in [3.63, 3.8) is 0 Å². The fourth-order valence-corrected chi connectivity index (χ4v) is 4.20. The van der Waals surface area contributed by atoms with E-state index in [1.54, 1.807) is 6.08 Å². The van der Waals surface area contributed by atoms with E-state index >= 15 is 0 Å². The first-order valence-corrected chi connectivity index (χ1v) is 10.5. The van der Waals surface area contributed by atoms with Crippen molar-refractivity contribution in [1.29, 1.82) is 0 Å². The van der Waals surface area contributed by atoms with E-state index in [2.05, 4.69) is 23.8 Å². The number of amides is 2. The second-order valence-corrected chi connectivity index (χ2v) is 7.84. The quantitative estimate of drug-likeness (QED) is 0.586. The molecule has 2 N–H and O–H groups in total. The average molecular weight is 404 g/mol. The maximum atomic E-state index is 11.8. The van der Waals surface area contributed by atoms with Gasteiger partial charge in [0, 0.05) is 31.7 Å². The Hall–Kier alpha value is -2.25. The fourth-order valence-electron chi connectivity index (χ4n) is 4.20. The number of urea groups is 1. The van der Waals surface area contributed by atoms with E-state index in [0.717, 1.165) is 38.8 Å². The number of para-hydroxylation sites is 2. The fraction of sp³-hybridized carbons (Fsp3) is 0.591. The molecule has 1 aromatic carbocycles. The van der Waals surface area contributed by atoms with Crippen LogP contribution in [0.15, 0.2) is 36.9 Å². The number of aliphatic hydroxyl groups is 1. The summed E-state index contributed by atoms with van der Waals surface area (Å²) in [4.78, 5) is 16.0. The maximum Gasteiger partial charge on any atom is 0.317 e. The zero-order valence-electron chi connectivity index (χ0n) is 17.3. The largest absolute Gasteiger partial charge is 0.487 e. The number of nitrogens with one attached hydrogen (secondary N) is 1. The Morgan fingerprint density at radius 3 is 2.59 bits per heavy atom. The number of likely N-dealkylation sites (N-methyl/N-ethyl adjacent to an activating group) is 1. The maximum absolute atomic E-state index is 11.8. The minimum absolute atomic E-state index is 0.0757. The Morgan fingerprint density at radius 1 is 1.28 bits per heavy atom. The third-order valence-corrected chi connectivity index (χ3v) is 5.76. The van der Waals surface area contributed by atoms with Crippen LogP contribution in [0.5, 0.6) is 11.5 Å². The van der Waals surface area contributed by atoms with Gasteiger partial charge in [-0.3, -0.25) is 0 Å². The van der Waals surface area contributed by atoms with Gasteiger partial charge < -0.3 is 29.7 Å². The molecule has 1 aliphatic heterocycles. The van der Waals surface area contributed by atoms with Gasteiger partial charge in [-0.25, -0.2) is 4.79 Å². The average Bonchev–Trinajstić information content (AvgIpc) is 3.17. The number of benzene rings is 1. The normalized spacial score (nSPS) is 23.0. The highest BCUT2D eigenvalue weighted by Crippen LogP contribution is 2.28. The van der Waals surface area contributed by atoms with Gasteiger partial charge >= 0.3 is 6.03 Å². The smallest absolute Gasteiger partial charge is 0.317 e. The summed E-state index contributed by atoms with van der Waals surface area (Å²) in [5.74, 6) is 1.28. The number of rotatable bonds is 10. The topological polar surface area (TPSA) is 74.3 Å². The number of carbonyl (C=O) groups excluding carboxylic acids is 1. The highest BCUT2D eigenvalue weighted by Gasteiger charge is 2.32. The lowest BCUT2D eigenvalue weighted by atomic mass is 9.89. The molecule has 2 amide bonds. The van der Waals surface area contributed by atoms with Crippen LogP contribution in [-0.2, 0) is 0 Å². The second kappa shape index (κ2) is 10.5. The Labute approximate surface area is 173 Å². The van der Waals surface area contributed by atoms with Gasteiger partial charge in [-0.15, -0.1) is 0 Å². The lowest BCUT2D eigenvalue weighted by molar-refractivity contribution is 0.0494. The SMILES string of the molecule is C=CCOc1ccccc1OCC(O)CN(C)[C@H]1CC[C@@H](N2CCNC2=O)CC1. The van der Waals surface area contributed by atoms with E-state index in [-0.39, 0.29) is 12.6 Å². The Bertz CT molecular complexity index is 676. The summed E-state index contributed by atoms with van der Waals surface area (Å²) in [6, 6.07) is 8.30. The summed E-state index contributed by atoms with van der Waals surface area (Å²) in [7, 11) is 2.05. The van der Waals surface area contributed by atoms with Crippen molar-refractivity contribution in [1.82, 2.24) is 15.1 Å². The number of aliphatic hydroxyl groups excluding tert-OH is 1. The zero-order chi connectivity index (χ0) is 20.6. The van der Waals surface area contributed by atoms with Crippen molar-refractivity contribution in [3.05, 3.63) is 36.9 Å². The standard InChI is InChI=1S/C22H33N3O4/c1-3-14-28-20-6-4-5-7-21(20)29-16-19(26)15-24(2)17-8-10-18(11-9-17)25-13-12-23-22(25)27/h3-7,17-19,26H,1,8-16H2,2H3,(H,23,27)/t17-,18+,19?. The van der Waals surface area contributed by atoms with Crippen LogP contribution in [-0.4, -0.2) is 79.0 Å². The van der Waals surface area contributed by atoms with Crippen LogP contribution in [0.25, 0.3) is 0 Å². The van der Waals surface area contributed by atoms with Crippen LogP contribution < -0.4 is 14.8 Å². The van der Waals surface area contributed by atoms with E-state index < -0.39 is 6.10 Å². The highest BCUT2D eigenvalue weighted by molar-refractivity contribution is 5.76. The predicted octanol–water partition coefficient (Wildman–Crippen LogP) is 2.26. The number of carbonyl (C=O) groups is 1. The van der Waals surface area contributed by atoms with Crippen molar-refractivity contribution >= 4 is 6.03 Å². The molecule has 2 fully saturated rings. The molecule has 1 aromatic rings. The minimum Gasteiger partial charge on any atom is -0.487 e. The van der Waals surface area contributed by atoms with Crippen LogP contribution in [0.1, 0.15) is 25.7 Å². The first-order valence-electron chi connectivity index (χ1n) is 10.5. The molecule has 2 aliphatic rings. The van der Waals surface area contributed by atoms with Crippen LogP contribution in [0.3, 0.4) is 0 Å². The molecule has 160 valence electrons. The number of hydrogen-bond donors (Lipinski definition) is 2. The van der Waals surface area contributed by atoms with Crippen LogP contribution in [0, 0.1) is 0 Å². The summed E-state index contributed by atoms with van der Waals surface area (Å²) in [5.41, 5.74) is 0. The van der Waals surface area contributed by atoms with Gasteiger partial charge in [0.1, 0.15) is 19.3 Å². The van der Waals surface area contributed by atoms with Crippen molar-refractivity contribution < 1.29 is 19.4 Å². The Balaban J connectivity index is 1.41. The summed E-state index contributed by atoms with van der Waals surface area (Å²) >= 11 is 0. The van der Waals surface area contributed by atoms with E-state index in [1.807, 2.05) is 29.2 Å². The molecule has 3 rings (SSSR count). The zero-order valence-corrected chi connectivity index (χ0v) is 17.3. The summed E-state index contributed by atoms with van der Waals surface area (Å²) in [6.07, 6.45) is 5.21. The molecule has 0 radical (unpaired) electrons. The first kappa shape index (κ1) is 21.5. The third kappa shape index (κ3) is 5.87. The molecule has 1 aliphatic carbocycles. The van der Waals surface area contributed by atoms with Crippen molar-refractivity contribution in [2.75, 3.05) is 39.9 Å². The van der Waals surface area contributed by atoms with Crippen LogP contribution in [0.4, 0.5) is 4.79 Å². The van der Waals surface area contributed by atoms with Crippen molar-refractivity contribution in [2.45, 2.75) is 43.9 Å². The van der Waals surface area contributed by atoms with E-state index in [4.69, 9.17) is 9.47 Å². The minimum atomic E-state index is -0.588. The highest BCUT2D eigenvalue weighted by atomic mass is 16.5. The summed E-state index contributed by atoms with van der Waals surface area (Å²) < 4.78 is 11.4. The molecule has 29 heavy (non-hydrogen) atoms. The van der Waals surface area contributed by atoms with E-state index in [1.165, 1.54) is 0 Å². The third-order valence-electron chi connectivity index (χ3n) is 5.76. The molecule has 0 aromatic heterocycles. The van der Waals surface area contributed by atoms with E-state index in [0.29, 0.717) is 36.7 Å². The summed E-state index contributed by atoms with van der Waals surface area (Å²) in [5, 5.41) is 13.3. The molecule has 0 bridgehead atoms. The molecule has 1 saturated heterocycles. The van der Waals surface area contributed by atoms with Crippen molar-refractivity contribution in [2.24, 2.45) is 0 Å². The van der Waals surface area contributed by atoms with Gasteiger partial charge in [0.05, 0.1) is 0 Å². The Morgan fingerprint density at radius 2 is 1.97 bits per heavy atom. The molecule has 1 heterocycles. The van der Waals surface area contributed by atoms with Gasteiger partial charge in [0.2, 0.25) is 0 Å². The number of nitrogens with zero attached hydrogens (tertiary/aromatic N) is 2. The Kier molecular flexibility index (Phi) is 7.77. The molecular formula is C22H33N3O4. The molecular weight excluding hydrogens is 370 g/mol. The van der Waals surface area contributed by atoms with Crippen LogP contribution in [0.2, 0.25) is 0 Å².